The van der Waals surface area contributed by atoms with Crippen LogP contribution >= 0.6 is 0 Å². The van der Waals surface area contributed by atoms with E-state index in [-0.39, 0.29) is 5.91 Å². The number of benzene rings is 2. The van der Waals surface area contributed by atoms with Crippen molar-refractivity contribution < 1.29 is 4.79 Å². The highest BCUT2D eigenvalue weighted by molar-refractivity contribution is 6.01. The molecule has 0 bridgehead atoms. The molecule has 3 heterocycles. The minimum Gasteiger partial charge on any atom is -0.336 e. The van der Waals surface area contributed by atoms with Crippen molar-refractivity contribution in [2.45, 2.75) is 40.2 Å². The molecule has 1 amide bonds. The van der Waals surface area contributed by atoms with Gasteiger partial charge in [0.05, 0.1) is 17.1 Å². The average Bonchev–Trinajstić information content (AvgIpc) is 3.31. The third-order valence-electron chi connectivity index (χ3n) is 7.92. The summed E-state index contributed by atoms with van der Waals surface area (Å²) in [6.45, 7) is 15.5. The van der Waals surface area contributed by atoms with Crippen molar-refractivity contribution in [1.82, 2.24) is 19.3 Å². The molecule has 2 aliphatic heterocycles. The molecule has 5 rings (SSSR count). The van der Waals surface area contributed by atoms with E-state index in [1.807, 2.05) is 35.2 Å². The molecule has 0 unspecified atom stereocenters. The Bertz CT molecular complexity index is 1370. The van der Waals surface area contributed by atoms with E-state index in [0.29, 0.717) is 17.5 Å². The number of aromatic nitrogens is 1. The van der Waals surface area contributed by atoms with Crippen LogP contribution in [0.3, 0.4) is 0 Å². The number of piperazine rings is 1. The second kappa shape index (κ2) is 11.1. The van der Waals surface area contributed by atoms with Gasteiger partial charge in [0.15, 0.2) is 0 Å². The summed E-state index contributed by atoms with van der Waals surface area (Å²) in [5.41, 5.74) is 6.00. The quantitative estimate of drug-likeness (QED) is 0.446. The zero-order valence-corrected chi connectivity index (χ0v) is 23.2. The Hall–Kier alpha value is -3.40. The summed E-state index contributed by atoms with van der Waals surface area (Å²) < 4.78 is 2.18. The van der Waals surface area contributed by atoms with Gasteiger partial charge in [0.2, 0.25) is 0 Å². The Labute approximate surface area is 226 Å². The number of carbonyl (C=O) groups excluding carboxylic acids is 1. The molecule has 6 heteroatoms. The zero-order chi connectivity index (χ0) is 26.8. The number of fused-ring (bicyclic) bond motifs is 1. The Kier molecular flexibility index (Phi) is 7.69. The van der Waals surface area contributed by atoms with Crippen LogP contribution in [0.15, 0.2) is 54.7 Å². The first-order valence-corrected chi connectivity index (χ1v) is 13.9. The van der Waals surface area contributed by atoms with Crippen molar-refractivity contribution in [3.63, 3.8) is 0 Å². The summed E-state index contributed by atoms with van der Waals surface area (Å²) >= 11 is 0. The molecule has 38 heavy (non-hydrogen) atoms. The molecular formula is C32H39N5O. The van der Waals surface area contributed by atoms with E-state index < -0.39 is 0 Å². The van der Waals surface area contributed by atoms with E-state index in [2.05, 4.69) is 72.5 Å². The fourth-order valence-electron chi connectivity index (χ4n) is 5.79. The normalized spacial score (nSPS) is 17.3. The number of nitriles is 1. The lowest BCUT2D eigenvalue weighted by atomic mass is 9.97. The average molecular weight is 510 g/mol. The van der Waals surface area contributed by atoms with Gasteiger partial charge < -0.3 is 9.47 Å². The van der Waals surface area contributed by atoms with Crippen LogP contribution in [-0.4, -0.2) is 77.0 Å². The molecule has 6 nitrogen and oxygen atoms in total. The smallest absolute Gasteiger partial charge is 0.254 e. The SMILES string of the molecule is CC(C)CN1CC=C(c2cn(-c3ccc(C#N)cc3)c3cc(C(=O)N4CCN(C(C)C)CC4)ccc23)CC1. The molecule has 0 radical (unpaired) electrons. The molecule has 1 fully saturated rings. The minimum absolute atomic E-state index is 0.102. The number of carbonyl (C=O) groups is 1. The van der Waals surface area contributed by atoms with Crippen LogP contribution < -0.4 is 0 Å². The lowest BCUT2D eigenvalue weighted by Gasteiger charge is -2.37. The molecule has 0 N–H and O–H groups in total. The lowest BCUT2D eigenvalue weighted by Crippen LogP contribution is -2.50. The van der Waals surface area contributed by atoms with E-state index in [1.165, 1.54) is 16.5 Å². The minimum atomic E-state index is 0.102. The summed E-state index contributed by atoms with van der Waals surface area (Å²) in [5, 5.41) is 10.4. The first-order chi connectivity index (χ1) is 18.3. The lowest BCUT2D eigenvalue weighted by molar-refractivity contribution is 0.0595. The number of nitrogens with zero attached hydrogens (tertiary/aromatic N) is 5. The predicted molar refractivity (Wildman–Crippen MR) is 154 cm³/mol. The molecule has 0 saturated carbocycles. The van der Waals surface area contributed by atoms with E-state index >= 15 is 0 Å². The standard InChI is InChI=1S/C32H39N5O/c1-23(2)21-34-13-11-26(12-14-34)30-22-37(28-8-5-25(20-33)6-9-28)31-19-27(7-10-29(30)31)32(38)36-17-15-35(16-18-36)24(3)4/h5-11,19,22-24H,12-18,21H2,1-4H3. The molecule has 0 spiro atoms. The van der Waals surface area contributed by atoms with Gasteiger partial charge in [-0.3, -0.25) is 14.6 Å². The predicted octanol–water partition coefficient (Wildman–Crippen LogP) is 5.41. The summed E-state index contributed by atoms with van der Waals surface area (Å²) in [7, 11) is 0. The van der Waals surface area contributed by atoms with Crippen LogP contribution in [0.4, 0.5) is 0 Å². The van der Waals surface area contributed by atoms with Gasteiger partial charge in [-0.1, -0.05) is 26.0 Å². The highest BCUT2D eigenvalue weighted by Gasteiger charge is 2.25. The van der Waals surface area contributed by atoms with Gasteiger partial charge in [0, 0.05) is 80.3 Å². The third-order valence-corrected chi connectivity index (χ3v) is 7.92. The number of amides is 1. The van der Waals surface area contributed by atoms with E-state index in [4.69, 9.17) is 0 Å². The van der Waals surface area contributed by atoms with Gasteiger partial charge in [-0.25, -0.2) is 0 Å². The van der Waals surface area contributed by atoms with Crippen LogP contribution in [0.1, 0.15) is 55.6 Å². The number of hydrogen-bond donors (Lipinski definition) is 0. The van der Waals surface area contributed by atoms with Crippen molar-refractivity contribution in [3.8, 4) is 11.8 Å². The summed E-state index contributed by atoms with van der Waals surface area (Å²) in [5.74, 6) is 0.762. The number of hydrogen-bond acceptors (Lipinski definition) is 4. The van der Waals surface area contributed by atoms with Crippen LogP contribution in [0.2, 0.25) is 0 Å². The van der Waals surface area contributed by atoms with Crippen molar-refractivity contribution in [2.24, 2.45) is 5.92 Å². The molecule has 198 valence electrons. The first-order valence-electron chi connectivity index (χ1n) is 13.9. The van der Waals surface area contributed by atoms with Gasteiger partial charge >= 0.3 is 0 Å². The van der Waals surface area contributed by atoms with Crippen molar-refractivity contribution in [1.29, 1.82) is 5.26 Å². The Morgan fingerprint density at radius 2 is 1.71 bits per heavy atom. The maximum absolute atomic E-state index is 13.5. The molecule has 2 aromatic carbocycles. The molecule has 0 atom stereocenters. The second-order valence-electron chi connectivity index (χ2n) is 11.4. The van der Waals surface area contributed by atoms with Crippen molar-refractivity contribution in [2.75, 3.05) is 45.8 Å². The highest BCUT2D eigenvalue weighted by atomic mass is 16.2. The molecule has 1 saturated heterocycles. The van der Waals surface area contributed by atoms with Gasteiger partial charge in [-0.05, 0) is 68.2 Å². The van der Waals surface area contributed by atoms with Crippen LogP contribution in [0.25, 0.3) is 22.2 Å². The van der Waals surface area contributed by atoms with E-state index in [1.54, 1.807) is 0 Å². The van der Waals surface area contributed by atoms with Gasteiger partial charge in [-0.15, -0.1) is 0 Å². The van der Waals surface area contributed by atoms with Gasteiger partial charge in [0.25, 0.3) is 5.91 Å². The highest BCUT2D eigenvalue weighted by Crippen LogP contribution is 2.34. The van der Waals surface area contributed by atoms with E-state index in [9.17, 15) is 10.1 Å². The Balaban J connectivity index is 1.50. The fraction of sp³-hybridized carbons (Fsp3) is 0.438. The summed E-state index contributed by atoms with van der Waals surface area (Å²) in [6.07, 6.45) is 5.60. The second-order valence-corrected chi connectivity index (χ2v) is 11.4. The Morgan fingerprint density at radius 3 is 2.32 bits per heavy atom. The van der Waals surface area contributed by atoms with Gasteiger partial charge in [-0.2, -0.15) is 5.26 Å². The maximum atomic E-state index is 13.5. The molecular weight excluding hydrogens is 470 g/mol. The molecule has 2 aliphatic rings. The molecule has 0 aliphatic carbocycles. The topological polar surface area (TPSA) is 55.5 Å². The Morgan fingerprint density at radius 1 is 0.974 bits per heavy atom. The van der Waals surface area contributed by atoms with Crippen molar-refractivity contribution in [3.05, 3.63) is 71.4 Å². The van der Waals surface area contributed by atoms with E-state index in [0.717, 1.165) is 69.0 Å². The van der Waals surface area contributed by atoms with Crippen molar-refractivity contribution >= 4 is 22.4 Å². The molecule has 1 aromatic heterocycles. The molecule has 3 aromatic rings. The largest absolute Gasteiger partial charge is 0.336 e. The first kappa shape index (κ1) is 26.2. The zero-order valence-electron chi connectivity index (χ0n) is 23.2. The van der Waals surface area contributed by atoms with Crippen LogP contribution in [-0.2, 0) is 0 Å². The fourth-order valence-corrected chi connectivity index (χ4v) is 5.79. The summed E-state index contributed by atoms with van der Waals surface area (Å²) in [6, 6.07) is 16.6. The van der Waals surface area contributed by atoms with Gasteiger partial charge in [0.1, 0.15) is 0 Å². The summed E-state index contributed by atoms with van der Waals surface area (Å²) in [4.78, 5) is 20.5. The monoisotopic (exact) mass is 509 g/mol. The van der Waals surface area contributed by atoms with Crippen LogP contribution in [0, 0.1) is 17.2 Å². The van der Waals surface area contributed by atoms with Crippen LogP contribution in [0.5, 0.6) is 0 Å². The maximum Gasteiger partial charge on any atom is 0.254 e. The third kappa shape index (κ3) is 5.41. The number of rotatable bonds is 6.